The lowest BCUT2D eigenvalue weighted by Gasteiger charge is -2.33. The van der Waals surface area contributed by atoms with Gasteiger partial charge in [0.2, 0.25) is 5.91 Å². The average Bonchev–Trinajstić information content (AvgIpc) is 3.06. The molecule has 1 aliphatic rings. The Kier molecular flexibility index (Phi) is 4.47. The molecule has 0 bridgehead atoms. The molecule has 1 aliphatic heterocycles. The van der Waals surface area contributed by atoms with Crippen LogP contribution in [0.15, 0.2) is 29.0 Å². The number of rotatable bonds is 3. The Morgan fingerprint density at radius 2 is 2.19 bits per heavy atom. The van der Waals surface area contributed by atoms with Crippen LogP contribution >= 0.6 is 0 Å². The second-order valence-corrected chi connectivity index (χ2v) is 6.88. The van der Waals surface area contributed by atoms with E-state index in [9.17, 15) is 9.18 Å². The maximum atomic E-state index is 13.7. The lowest BCUT2D eigenvalue weighted by atomic mass is 9.96. The van der Waals surface area contributed by atoms with Gasteiger partial charge in [-0.15, -0.1) is 0 Å². The molecule has 1 aromatic carbocycles. The van der Waals surface area contributed by atoms with Gasteiger partial charge in [0, 0.05) is 18.8 Å². The van der Waals surface area contributed by atoms with Crippen LogP contribution in [0, 0.1) is 25.6 Å². The number of anilines is 2. The van der Waals surface area contributed by atoms with Crippen LogP contribution in [0.2, 0.25) is 0 Å². The van der Waals surface area contributed by atoms with Gasteiger partial charge >= 0.3 is 0 Å². The van der Waals surface area contributed by atoms with E-state index in [1.54, 1.807) is 19.1 Å². The van der Waals surface area contributed by atoms with Crippen molar-refractivity contribution in [2.24, 2.45) is 5.92 Å². The van der Waals surface area contributed by atoms with Gasteiger partial charge in [0.1, 0.15) is 23.3 Å². The molecule has 2 aromatic heterocycles. The first-order chi connectivity index (χ1) is 13.0. The molecule has 3 heterocycles. The summed E-state index contributed by atoms with van der Waals surface area (Å²) < 4.78 is 18.9. The largest absolute Gasteiger partial charge is 0.355 e. The molecular formula is C19H20FN5O2. The topological polar surface area (TPSA) is 84.2 Å². The molecule has 4 rings (SSSR count). The number of nitrogens with one attached hydrogen (secondary N) is 1. The van der Waals surface area contributed by atoms with Gasteiger partial charge in [-0.1, -0.05) is 11.2 Å². The first-order valence-electron chi connectivity index (χ1n) is 8.92. The van der Waals surface area contributed by atoms with E-state index in [-0.39, 0.29) is 17.6 Å². The predicted molar refractivity (Wildman–Crippen MR) is 99.0 cm³/mol. The summed E-state index contributed by atoms with van der Waals surface area (Å²) in [6, 6.07) is 4.72. The number of halogens is 1. The molecule has 1 amide bonds. The molecule has 1 atom stereocenters. The molecule has 0 radical (unpaired) electrons. The van der Waals surface area contributed by atoms with Crippen LogP contribution in [0.3, 0.4) is 0 Å². The fourth-order valence-corrected chi connectivity index (χ4v) is 3.44. The summed E-state index contributed by atoms with van der Waals surface area (Å²) in [4.78, 5) is 23.3. The predicted octanol–water partition coefficient (Wildman–Crippen LogP) is 3.23. The van der Waals surface area contributed by atoms with Crippen molar-refractivity contribution in [3.05, 3.63) is 41.6 Å². The third-order valence-corrected chi connectivity index (χ3v) is 4.95. The Labute approximate surface area is 155 Å². The summed E-state index contributed by atoms with van der Waals surface area (Å²) in [5.41, 5.74) is 2.19. The Morgan fingerprint density at radius 1 is 1.33 bits per heavy atom. The van der Waals surface area contributed by atoms with E-state index >= 15 is 0 Å². The number of carbonyl (C=O) groups excluding carboxylic acids is 1. The minimum absolute atomic E-state index is 0.115. The monoisotopic (exact) mass is 369 g/mol. The Morgan fingerprint density at radius 3 is 3.00 bits per heavy atom. The highest BCUT2D eigenvalue weighted by Crippen LogP contribution is 2.29. The van der Waals surface area contributed by atoms with Crippen LogP contribution in [0.4, 0.5) is 15.9 Å². The Bertz CT molecular complexity index is 1000. The van der Waals surface area contributed by atoms with E-state index < -0.39 is 0 Å². The second kappa shape index (κ2) is 6.94. The smallest absolute Gasteiger partial charge is 0.263 e. The van der Waals surface area contributed by atoms with Crippen molar-refractivity contribution < 1.29 is 13.7 Å². The summed E-state index contributed by atoms with van der Waals surface area (Å²) >= 11 is 0. The first-order valence-corrected chi connectivity index (χ1v) is 8.92. The number of piperidine rings is 1. The van der Waals surface area contributed by atoms with E-state index in [4.69, 9.17) is 4.52 Å². The van der Waals surface area contributed by atoms with Crippen LogP contribution in [0.5, 0.6) is 0 Å². The highest BCUT2D eigenvalue weighted by atomic mass is 19.1. The van der Waals surface area contributed by atoms with Crippen LogP contribution < -0.4 is 10.2 Å². The number of aromatic nitrogens is 3. The maximum absolute atomic E-state index is 13.7. The van der Waals surface area contributed by atoms with Crippen molar-refractivity contribution in [3.63, 3.8) is 0 Å². The number of nitrogens with zero attached hydrogens (tertiary/aromatic N) is 4. The van der Waals surface area contributed by atoms with Gasteiger partial charge in [-0.25, -0.2) is 9.37 Å². The molecule has 140 valence electrons. The van der Waals surface area contributed by atoms with E-state index in [0.717, 1.165) is 36.3 Å². The van der Waals surface area contributed by atoms with Gasteiger partial charge in [0.05, 0.1) is 11.6 Å². The third kappa shape index (κ3) is 3.34. The minimum atomic E-state index is -0.329. The van der Waals surface area contributed by atoms with Gasteiger partial charge in [0.25, 0.3) is 5.71 Å². The normalized spacial score (nSPS) is 17.3. The van der Waals surface area contributed by atoms with Gasteiger partial charge < -0.3 is 14.7 Å². The Hall–Kier alpha value is -3.03. The molecule has 27 heavy (non-hydrogen) atoms. The van der Waals surface area contributed by atoms with Crippen molar-refractivity contribution in [1.82, 2.24) is 15.1 Å². The molecule has 1 N–H and O–H groups in total. The summed E-state index contributed by atoms with van der Waals surface area (Å²) in [7, 11) is 0. The lowest BCUT2D eigenvalue weighted by Crippen LogP contribution is -2.41. The molecule has 0 unspecified atom stereocenters. The number of hydrogen-bond acceptors (Lipinski definition) is 6. The maximum Gasteiger partial charge on any atom is 0.263 e. The summed E-state index contributed by atoms with van der Waals surface area (Å²) in [6.45, 7) is 4.85. The first kappa shape index (κ1) is 17.4. The van der Waals surface area contributed by atoms with Crippen molar-refractivity contribution in [2.75, 3.05) is 23.3 Å². The number of aryl methyl sites for hydroxylation is 2. The summed E-state index contributed by atoms with van der Waals surface area (Å²) in [5, 5.41) is 7.56. The molecule has 3 aromatic rings. The molecule has 0 aliphatic carbocycles. The van der Waals surface area contributed by atoms with Crippen LogP contribution in [-0.4, -0.2) is 34.1 Å². The van der Waals surface area contributed by atoms with Crippen LogP contribution in [-0.2, 0) is 4.79 Å². The number of hydrogen-bond donors (Lipinski definition) is 1. The highest BCUT2D eigenvalue weighted by molar-refractivity contribution is 5.93. The third-order valence-electron chi connectivity index (χ3n) is 4.95. The van der Waals surface area contributed by atoms with Crippen molar-refractivity contribution in [3.8, 4) is 0 Å². The molecular weight excluding hydrogens is 349 g/mol. The second-order valence-electron chi connectivity index (χ2n) is 6.88. The molecule has 7 nitrogen and oxygen atoms in total. The quantitative estimate of drug-likeness (QED) is 0.763. The minimum Gasteiger partial charge on any atom is -0.355 e. The molecule has 1 fully saturated rings. The van der Waals surface area contributed by atoms with Crippen LogP contribution in [0.1, 0.15) is 24.1 Å². The molecule has 8 heteroatoms. The fourth-order valence-electron chi connectivity index (χ4n) is 3.44. The fraction of sp³-hybridized carbons (Fsp3) is 0.368. The zero-order valence-corrected chi connectivity index (χ0v) is 15.2. The van der Waals surface area contributed by atoms with Crippen molar-refractivity contribution in [2.45, 2.75) is 26.7 Å². The number of benzene rings is 1. The SMILES string of the molecule is Cc1ccc(NC(=O)[C@@H]2CCCN(c3ncnc4onc(C)c34)C2)cc1F. The number of amides is 1. The average molecular weight is 369 g/mol. The van der Waals surface area contributed by atoms with Gasteiger partial charge in [0.15, 0.2) is 0 Å². The van der Waals surface area contributed by atoms with Crippen LogP contribution in [0.25, 0.3) is 11.1 Å². The summed E-state index contributed by atoms with van der Waals surface area (Å²) in [5.74, 6) is 0.0746. The van der Waals surface area contributed by atoms with Gasteiger partial charge in [-0.2, -0.15) is 4.98 Å². The number of carbonyl (C=O) groups is 1. The lowest BCUT2D eigenvalue weighted by molar-refractivity contribution is -0.120. The molecule has 0 saturated carbocycles. The standard InChI is InChI=1S/C19H20FN5O2/c1-11-5-6-14(8-15(11)20)23-18(26)13-4-3-7-25(9-13)17-16-12(2)24-27-19(16)22-10-21-17/h5-6,8,10,13H,3-4,7,9H2,1-2H3,(H,23,26)/t13-/m1/s1. The van der Waals surface area contributed by atoms with E-state index in [1.165, 1.54) is 12.4 Å². The summed E-state index contributed by atoms with van der Waals surface area (Å²) in [6.07, 6.45) is 3.07. The van der Waals surface area contributed by atoms with Gasteiger partial charge in [-0.3, -0.25) is 4.79 Å². The zero-order valence-electron chi connectivity index (χ0n) is 15.2. The highest BCUT2D eigenvalue weighted by Gasteiger charge is 2.28. The molecule has 1 saturated heterocycles. The van der Waals surface area contributed by atoms with E-state index in [0.29, 0.717) is 23.5 Å². The van der Waals surface area contributed by atoms with E-state index in [1.807, 2.05) is 6.92 Å². The molecule has 0 spiro atoms. The van der Waals surface area contributed by atoms with Gasteiger partial charge in [-0.05, 0) is 44.4 Å². The Balaban J connectivity index is 1.53. The van der Waals surface area contributed by atoms with Crippen molar-refractivity contribution >= 4 is 28.5 Å². The van der Waals surface area contributed by atoms with Crippen molar-refractivity contribution in [1.29, 1.82) is 0 Å². The zero-order chi connectivity index (χ0) is 19.0. The number of fused-ring (bicyclic) bond motifs is 1. The van der Waals surface area contributed by atoms with E-state index in [2.05, 4.69) is 25.3 Å².